The molecule has 8 nitrogen and oxygen atoms in total. The van der Waals surface area contributed by atoms with Gasteiger partial charge in [0.15, 0.2) is 0 Å². The molecule has 0 aromatic rings. The van der Waals surface area contributed by atoms with Gasteiger partial charge in [-0.15, -0.1) is 10.3 Å². The zero-order valence-electron chi connectivity index (χ0n) is 15.0. The predicted octanol–water partition coefficient (Wildman–Crippen LogP) is 0.193. The molecule has 0 spiro atoms. The number of nitrogens with zero attached hydrogens (tertiary/aromatic N) is 2. The largest absolute Gasteiger partial charge is 0.375 e. The first-order chi connectivity index (χ1) is 11.9. The molecule has 0 radical (unpaired) electrons. The summed E-state index contributed by atoms with van der Waals surface area (Å²) < 4.78 is 29.5. The lowest BCUT2D eigenvalue weighted by atomic mass is 10.3. The number of sulfonamides is 1. The Balaban J connectivity index is 3.35. The van der Waals surface area contributed by atoms with Gasteiger partial charge in [0.1, 0.15) is 11.7 Å². The molecule has 9 heteroatoms. The number of hydrogen-bond donors (Lipinski definition) is 4. The second kappa shape index (κ2) is 9.86. The first-order valence-electron chi connectivity index (χ1n) is 7.88. The third-order valence-corrected chi connectivity index (χ3v) is 5.06. The normalized spacial score (nSPS) is 20.1. The van der Waals surface area contributed by atoms with E-state index in [-0.39, 0.29) is 17.5 Å². The third-order valence-electron chi connectivity index (χ3n) is 3.65. The van der Waals surface area contributed by atoms with Crippen LogP contribution in [-0.4, -0.2) is 59.2 Å². The molecule has 0 bridgehead atoms. The number of nitrogens with one attached hydrogen (secondary N) is 4. The average molecular weight is 366 g/mol. The van der Waals surface area contributed by atoms with E-state index in [2.05, 4.69) is 32.2 Å². The molecule has 0 saturated heterocycles. The van der Waals surface area contributed by atoms with E-state index in [0.717, 1.165) is 0 Å². The fraction of sp³-hybridized carbons (Fsp3) is 0.500. The first-order valence-corrected chi connectivity index (χ1v) is 9.32. The molecule has 0 fully saturated rings. The summed E-state index contributed by atoms with van der Waals surface area (Å²) in [4.78, 5) is 1.86. The fourth-order valence-corrected chi connectivity index (χ4v) is 3.29. The maximum absolute atomic E-state index is 12.7. The van der Waals surface area contributed by atoms with Crippen LogP contribution in [-0.2, 0) is 10.0 Å². The van der Waals surface area contributed by atoms with Crippen molar-refractivity contribution in [1.29, 1.82) is 5.41 Å². The van der Waals surface area contributed by atoms with Gasteiger partial charge in [0.2, 0.25) is 0 Å². The molecule has 0 aromatic heterocycles. The van der Waals surface area contributed by atoms with Crippen LogP contribution >= 0.6 is 0 Å². The summed E-state index contributed by atoms with van der Waals surface area (Å²) in [7, 11) is 1.42. The quantitative estimate of drug-likeness (QED) is 0.378. The minimum Gasteiger partial charge on any atom is -0.375 e. The van der Waals surface area contributed by atoms with Crippen LogP contribution in [0.3, 0.4) is 0 Å². The monoisotopic (exact) mass is 366 g/mol. The number of allylic oxidation sites excluding steroid dienone is 2. The summed E-state index contributed by atoms with van der Waals surface area (Å²) in [6.45, 7) is 2.21. The Morgan fingerprint density at radius 2 is 2.28 bits per heavy atom. The summed E-state index contributed by atoms with van der Waals surface area (Å²) in [6.07, 6.45) is 4.56. The molecule has 0 saturated carbocycles. The molecule has 1 atom stereocenters. The Hall–Kier alpha value is -2.31. The Morgan fingerprint density at radius 3 is 2.84 bits per heavy atom. The van der Waals surface area contributed by atoms with Crippen molar-refractivity contribution >= 4 is 22.1 Å². The molecule has 1 aliphatic rings. The number of likely N-dealkylation sites (N-methyl/N-ethyl adjacent to an activating group) is 2. The summed E-state index contributed by atoms with van der Waals surface area (Å²) in [6, 6.07) is 0. The van der Waals surface area contributed by atoms with Crippen molar-refractivity contribution in [2.45, 2.75) is 25.9 Å². The van der Waals surface area contributed by atoms with E-state index in [1.54, 1.807) is 39.0 Å². The smallest absolute Gasteiger partial charge is 0.281 e. The van der Waals surface area contributed by atoms with Gasteiger partial charge in [-0.25, -0.2) is 0 Å². The highest BCUT2D eigenvalue weighted by atomic mass is 32.2. The van der Waals surface area contributed by atoms with Crippen LogP contribution in [0, 0.1) is 17.3 Å². The lowest BCUT2D eigenvalue weighted by molar-refractivity contribution is 0.322. The SMILES string of the molecule is CC#C/C=C(\CCC=N)S(=O)(=O)N=C1C=C(NC)NCC(NC)N1C. The predicted molar refractivity (Wildman–Crippen MR) is 102 cm³/mol. The highest BCUT2D eigenvalue weighted by Crippen LogP contribution is 2.17. The van der Waals surface area contributed by atoms with Crippen molar-refractivity contribution in [2.75, 3.05) is 27.7 Å². The van der Waals surface area contributed by atoms with Gasteiger partial charge >= 0.3 is 0 Å². The van der Waals surface area contributed by atoms with Gasteiger partial charge in [-0.2, -0.15) is 8.42 Å². The molecular weight excluding hydrogens is 340 g/mol. The minimum atomic E-state index is -3.91. The Bertz CT molecular complexity index is 727. The van der Waals surface area contributed by atoms with Gasteiger partial charge in [0.05, 0.1) is 11.1 Å². The topological polar surface area (TPSA) is 110 Å². The number of amidine groups is 1. The number of hydrogen-bond acceptors (Lipinski definition) is 6. The maximum atomic E-state index is 12.7. The maximum Gasteiger partial charge on any atom is 0.281 e. The molecule has 1 rings (SSSR count). The molecule has 25 heavy (non-hydrogen) atoms. The van der Waals surface area contributed by atoms with E-state index in [9.17, 15) is 8.42 Å². The third kappa shape index (κ3) is 5.92. The Morgan fingerprint density at radius 1 is 1.56 bits per heavy atom. The second-order valence-corrected chi connectivity index (χ2v) is 6.93. The van der Waals surface area contributed by atoms with Crippen molar-refractivity contribution in [2.24, 2.45) is 4.40 Å². The highest BCUT2D eigenvalue weighted by molar-refractivity contribution is 7.94. The molecule has 1 aliphatic heterocycles. The molecule has 0 amide bonds. The summed E-state index contributed by atoms with van der Waals surface area (Å²) in [5.41, 5.74) is 0. The van der Waals surface area contributed by atoms with E-state index in [0.29, 0.717) is 24.6 Å². The Kier molecular flexibility index (Phi) is 8.18. The van der Waals surface area contributed by atoms with Gasteiger partial charge in [0.25, 0.3) is 10.0 Å². The van der Waals surface area contributed by atoms with E-state index in [4.69, 9.17) is 5.41 Å². The van der Waals surface area contributed by atoms with Crippen LogP contribution in [0.25, 0.3) is 0 Å². The van der Waals surface area contributed by atoms with Crippen molar-refractivity contribution in [3.8, 4) is 11.8 Å². The summed E-state index contributed by atoms with van der Waals surface area (Å²) in [5.74, 6) is 6.30. The first kappa shape index (κ1) is 20.7. The highest BCUT2D eigenvalue weighted by Gasteiger charge is 2.23. The molecule has 138 valence electrons. The van der Waals surface area contributed by atoms with Gasteiger partial charge in [0, 0.05) is 32.8 Å². The second-order valence-electron chi connectivity index (χ2n) is 5.28. The molecule has 1 unspecified atom stereocenters. The van der Waals surface area contributed by atoms with Crippen LogP contribution in [0.15, 0.2) is 27.3 Å². The zero-order chi connectivity index (χ0) is 18.9. The summed E-state index contributed by atoms with van der Waals surface area (Å²) >= 11 is 0. The van der Waals surface area contributed by atoms with Gasteiger partial charge < -0.3 is 20.9 Å². The van der Waals surface area contributed by atoms with Crippen molar-refractivity contribution in [3.05, 3.63) is 22.9 Å². The van der Waals surface area contributed by atoms with Crippen LogP contribution in [0.1, 0.15) is 19.8 Å². The molecule has 0 aliphatic carbocycles. The zero-order valence-corrected chi connectivity index (χ0v) is 15.9. The lowest BCUT2D eigenvalue weighted by Crippen LogP contribution is -2.48. The van der Waals surface area contributed by atoms with Gasteiger partial charge in [-0.05, 0) is 33.0 Å². The van der Waals surface area contributed by atoms with Crippen molar-refractivity contribution in [3.63, 3.8) is 0 Å². The average Bonchev–Trinajstić information content (AvgIpc) is 2.73. The van der Waals surface area contributed by atoms with Crippen LogP contribution in [0.4, 0.5) is 0 Å². The molecule has 1 heterocycles. The molecule has 0 aromatic carbocycles. The van der Waals surface area contributed by atoms with E-state index < -0.39 is 10.0 Å². The van der Waals surface area contributed by atoms with E-state index >= 15 is 0 Å². The van der Waals surface area contributed by atoms with Crippen LogP contribution in [0.5, 0.6) is 0 Å². The van der Waals surface area contributed by atoms with E-state index in [1.165, 1.54) is 12.3 Å². The van der Waals surface area contributed by atoms with Gasteiger partial charge in [-0.1, -0.05) is 5.92 Å². The fourth-order valence-electron chi connectivity index (χ4n) is 2.16. The van der Waals surface area contributed by atoms with Gasteiger partial charge in [-0.3, -0.25) is 5.32 Å². The Labute approximate surface area is 150 Å². The molecular formula is C16H26N6O2S. The van der Waals surface area contributed by atoms with Crippen LogP contribution < -0.4 is 16.0 Å². The lowest BCUT2D eigenvalue weighted by Gasteiger charge is -2.27. The number of rotatable bonds is 7. The van der Waals surface area contributed by atoms with Crippen molar-refractivity contribution in [1.82, 2.24) is 20.9 Å². The van der Waals surface area contributed by atoms with E-state index in [1.807, 2.05) is 0 Å². The van der Waals surface area contributed by atoms with Crippen molar-refractivity contribution < 1.29 is 8.42 Å². The van der Waals surface area contributed by atoms with Crippen LogP contribution in [0.2, 0.25) is 0 Å². The summed E-state index contributed by atoms with van der Waals surface area (Å²) in [5, 5.41) is 16.4. The standard InChI is InChI=1S/C16H26N6O2S/c1-5-6-8-13(9-7-10-17)25(23,24)21-15-11-14(18-2)20-12-16(19-3)22(15)4/h8,10-11,16-20H,7,9,12H2,1-4H3/b13-8+,17-10?,21-15?. The molecule has 4 N–H and O–H groups in total. The minimum absolute atomic E-state index is 0.101.